The fourth-order valence-corrected chi connectivity index (χ4v) is 1.27. The lowest BCUT2D eigenvalue weighted by molar-refractivity contribution is 0.709. The van der Waals surface area contributed by atoms with E-state index in [0.29, 0.717) is 5.82 Å². The fraction of sp³-hybridized carbons (Fsp3) is 0.500. The molecule has 64 valence electrons. The van der Waals surface area contributed by atoms with Crippen LogP contribution in [0.5, 0.6) is 0 Å². The minimum absolute atomic E-state index is 0.203. The van der Waals surface area contributed by atoms with Crippen molar-refractivity contribution in [2.24, 2.45) is 0 Å². The average Bonchev–Trinajstić information content (AvgIpc) is 2.75. The van der Waals surface area contributed by atoms with Crippen molar-refractivity contribution < 1.29 is 0 Å². The van der Waals surface area contributed by atoms with E-state index in [0.717, 1.165) is 10.3 Å². The highest BCUT2D eigenvalue weighted by atomic mass is 79.9. The van der Waals surface area contributed by atoms with E-state index in [2.05, 4.69) is 32.8 Å². The van der Waals surface area contributed by atoms with Gasteiger partial charge in [-0.3, -0.25) is 0 Å². The molecule has 1 aliphatic rings. The van der Waals surface area contributed by atoms with E-state index in [1.165, 1.54) is 12.8 Å². The normalized spacial score (nSPS) is 19.2. The van der Waals surface area contributed by atoms with Crippen LogP contribution in [0.4, 0.5) is 5.82 Å². The van der Waals surface area contributed by atoms with Gasteiger partial charge in [-0.25, -0.2) is 9.97 Å². The molecule has 0 spiro atoms. The van der Waals surface area contributed by atoms with Gasteiger partial charge in [-0.2, -0.15) is 0 Å². The Balaban J connectivity index is 2.41. The molecular formula is C8H10BrN3. The highest BCUT2D eigenvalue weighted by Crippen LogP contribution is 2.46. The van der Waals surface area contributed by atoms with Crippen LogP contribution in [0.25, 0.3) is 0 Å². The molecule has 1 saturated carbocycles. The molecule has 0 aliphatic heterocycles. The molecule has 0 amide bonds. The second kappa shape index (κ2) is 2.42. The maximum Gasteiger partial charge on any atom is 0.141 e. The summed E-state index contributed by atoms with van der Waals surface area (Å²) in [7, 11) is 0. The van der Waals surface area contributed by atoms with Crippen LogP contribution in [-0.2, 0) is 5.41 Å². The molecule has 0 aromatic carbocycles. The van der Waals surface area contributed by atoms with E-state index in [9.17, 15) is 0 Å². The summed E-state index contributed by atoms with van der Waals surface area (Å²) in [5.74, 6) is 1.41. The zero-order valence-electron chi connectivity index (χ0n) is 6.84. The van der Waals surface area contributed by atoms with Crippen molar-refractivity contribution in [2.75, 3.05) is 5.73 Å². The third-order valence-corrected chi connectivity index (χ3v) is 2.92. The molecule has 1 aliphatic carbocycles. The van der Waals surface area contributed by atoms with E-state index in [-0.39, 0.29) is 5.41 Å². The Morgan fingerprint density at radius 3 is 2.75 bits per heavy atom. The molecule has 1 heterocycles. The monoisotopic (exact) mass is 227 g/mol. The molecule has 3 nitrogen and oxygen atoms in total. The molecular weight excluding hydrogens is 218 g/mol. The summed E-state index contributed by atoms with van der Waals surface area (Å²) in [6.45, 7) is 2.16. The van der Waals surface area contributed by atoms with Gasteiger partial charge in [-0.1, -0.05) is 6.92 Å². The first-order valence-electron chi connectivity index (χ1n) is 3.90. The average molecular weight is 228 g/mol. The lowest BCUT2D eigenvalue weighted by Crippen LogP contribution is -2.08. The predicted octanol–water partition coefficient (Wildman–Crippen LogP) is 1.87. The number of nitrogens with zero attached hydrogens (tertiary/aromatic N) is 2. The largest absolute Gasteiger partial charge is 0.383 e. The van der Waals surface area contributed by atoms with Crippen LogP contribution in [0.2, 0.25) is 0 Å². The Labute approximate surface area is 79.5 Å². The molecule has 1 aromatic heterocycles. The molecule has 4 heteroatoms. The van der Waals surface area contributed by atoms with Gasteiger partial charge >= 0.3 is 0 Å². The highest BCUT2D eigenvalue weighted by Gasteiger charge is 2.42. The first-order valence-corrected chi connectivity index (χ1v) is 4.70. The van der Waals surface area contributed by atoms with Gasteiger partial charge in [0.1, 0.15) is 11.6 Å². The third-order valence-electron chi connectivity index (χ3n) is 2.31. The molecule has 0 bridgehead atoms. The lowest BCUT2D eigenvalue weighted by atomic mass is 10.1. The minimum atomic E-state index is 0.203. The van der Waals surface area contributed by atoms with Crippen molar-refractivity contribution in [1.29, 1.82) is 0 Å². The number of anilines is 1. The van der Waals surface area contributed by atoms with Gasteiger partial charge < -0.3 is 5.73 Å². The van der Waals surface area contributed by atoms with E-state index < -0.39 is 0 Å². The maximum absolute atomic E-state index is 5.65. The second-order valence-electron chi connectivity index (χ2n) is 3.49. The molecule has 1 aromatic rings. The summed E-state index contributed by atoms with van der Waals surface area (Å²) in [4.78, 5) is 8.46. The van der Waals surface area contributed by atoms with Gasteiger partial charge in [-0.05, 0) is 28.8 Å². The summed E-state index contributed by atoms with van der Waals surface area (Å²) in [5, 5.41) is 0. The number of rotatable bonds is 1. The van der Waals surface area contributed by atoms with Crippen LogP contribution < -0.4 is 5.73 Å². The van der Waals surface area contributed by atoms with Crippen LogP contribution in [0.15, 0.2) is 10.7 Å². The Hall–Kier alpha value is -0.640. The quantitative estimate of drug-likeness (QED) is 0.798. The predicted molar refractivity (Wildman–Crippen MR) is 50.7 cm³/mol. The second-order valence-corrected chi connectivity index (χ2v) is 4.34. The zero-order valence-corrected chi connectivity index (χ0v) is 8.43. The van der Waals surface area contributed by atoms with Crippen molar-refractivity contribution in [3.63, 3.8) is 0 Å². The van der Waals surface area contributed by atoms with E-state index >= 15 is 0 Å². The number of nitrogens with two attached hydrogens (primary N) is 1. The van der Waals surface area contributed by atoms with Gasteiger partial charge in [0.15, 0.2) is 0 Å². The Morgan fingerprint density at radius 2 is 2.25 bits per heavy atom. The van der Waals surface area contributed by atoms with Crippen LogP contribution in [0.1, 0.15) is 25.6 Å². The Kier molecular flexibility index (Phi) is 1.61. The Bertz CT molecular complexity index is 320. The van der Waals surface area contributed by atoms with Crippen molar-refractivity contribution in [2.45, 2.75) is 25.2 Å². The summed E-state index contributed by atoms with van der Waals surface area (Å²) in [6.07, 6.45) is 4.07. The van der Waals surface area contributed by atoms with Crippen molar-refractivity contribution in [3.05, 3.63) is 16.5 Å². The van der Waals surface area contributed by atoms with Gasteiger partial charge in [0.25, 0.3) is 0 Å². The van der Waals surface area contributed by atoms with Gasteiger partial charge in [0.2, 0.25) is 0 Å². The summed E-state index contributed by atoms with van der Waals surface area (Å²) in [5.41, 5.74) is 5.85. The molecule has 2 N–H and O–H groups in total. The number of hydrogen-bond acceptors (Lipinski definition) is 3. The number of nitrogen functional groups attached to an aromatic ring is 1. The van der Waals surface area contributed by atoms with Crippen LogP contribution in [-0.4, -0.2) is 9.97 Å². The summed E-state index contributed by atoms with van der Waals surface area (Å²) < 4.78 is 0.774. The van der Waals surface area contributed by atoms with Crippen LogP contribution in [0, 0.1) is 0 Å². The number of halogens is 1. The van der Waals surface area contributed by atoms with Crippen molar-refractivity contribution in [3.8, 4) is 0 Å². The van der Waals surface area contributed by atoms with Crippen molar-refractivity contribution in [1.82, 2.24) is 9.97 Å². The van der Waals surface area contributed by atoms with Gasteiger partial charge in [0.05, 0.1) is 4.47 Å². The van der Waals surface area contributed by atoms with Crippen LogP contribution >= 0.6 is 15.9 Å². The van der Waals surface area contributed by atoms with E-state index in [1.54, 1.807) is 6.20 Å². The third kappa shape index (κ3) is 1.20. The minimum Gasteiger partial charge on any atom is -0.383 e. The molecule has 1 fully saturated rings. The van der Waals surface area contributed by atoms with Crippen molar-refractivity contribution >= 4 is 21.7 Å². The molecule has 2 rings (SSSR count). The number of hydrogen-bond donors (Lipinski definition) is 1. The number of aromatic nitrogens is 2. The van der Waals surface area contributed by atoms with Gasteiger partial charge in [-0.15, -0.1) is 0 Å². The molecule has 12 heavy (non-hydrogen) atoms. The fourth-order valence-electron chi connectivity index (χ4n) is 1.08. The zero-order chi connectivity index (χ0) is 8.77. The smallest absolute Gasteiger partial charge is 0.141 e. The topological polar surface area (TPSA) is 51.8 Å². The lowest BCUT2D eigenvalue weighted by Gasteiger charge is -2.06. The van der Waals surface area contributed by atoms with Crippen LogP contribution in [0.3, 0.4) is 0 Å². The maximum atomic E-state index is 5.65. The first-order chi connectivity index (χ1) is 5.62. The molecule has 0 atom stereocenters. The standard InChI is InChI=1S/C8H10BrN3/c1-8(2-3-8)7-11-4-5(9)6(10)12-7/h4H,2-3H2,1H3,(H2,10,11,12). The highest BCUT2D eigenvalue weighted by molar-refractivity contribution is 9.10. The molecule has 0 radical (unpaired) electrons. The van der Waals surface area contributed by atoms with E-state index in [4.69, 9.17) is 5.73 Å². The van der Waals surface area contributed by atoms with Gasteiger partial charge in [0, 0.05) is 11.6 Å². The Morgan fingerprint density at radius 1 is 1.58 bits per heavy atom. The first kappa shape index (κ1) is 7.98. The molecule has 0 unspecified atom stereocenters. The summed E-state index contributed by atoms with van der Waals surface area (Å²) >= 11 is 3.27. The van der Waals surface area contributed by atoms with E-state index in [1.807, 2.05) is 0 Å². The SMILES string of the molecule is CC1(c2ncc(Br)c(N)n2)CC1. The summed E-state index contributed by atoms with van der Waals surface area (Å²) in [6, 6.07) is 0. The molecule has 0 saturated heterocycles.